The summed E-state index contributed by atoms with van der Waals surface area (Å²) in [6.45, 7) is 3.91. The standard InChI is InChI=1S/C10H19N3O3S/c1-4-11-7-9-8-16-10(12-9)13(2)5-6-17(3,14)15/h8,11H,4-7H2,1-3H3. The predicted molar refractivity (Wildman–Crippen MR) is 66.9 cm³/mol. The molecular weight excluding hydrogens is 242 g/mol. The van der Waals surface area contributed by atoms with Crippen molar-refractivity contribution in [2.75, 3.05) is 37.0 Å². The molecule has 0 saturated carbocycles. The molecule has 1 N–H and O–H groups in total. The van der Waals surface area contributed by atoms with E-state index in [1.807, 2.05) is 6.92 Å². The van der Waals surface area contributed by atoms with Crippen LogP contribution in [0, 0.1) is 0 Å². The van der Waals surface area contributed by atoms with Crippen LogP contribution in [0.5, 0.6) is 0 Å². The molecule has 0 bridgehead atoms. The average molecular weight is 261 g/mol. The van der Waals surface area contributed by atoms with Crippen LogP contribution in [0.4, 0.5) is 6.01 Å². The number of hydrogen-bond acceptors (Lipinski definition) is 6. The predicted octanol–water partition coefficient (Wildman–Crippen LogP) is 0.265. The second-order valence-electron chi connectivity index (χ2n) is 3.95. The van der Waals surface area contributed by atoms with E-state index in [-0.39, 0.29) is 5.75 Å². The molecule has 0 spiro atoms. The first kappa shape index (κ1) is 14.0. The second kappa shape index (κ2) is 6.02. The Bertz CT molecular complexity index is 441. The summed E-state index contributed by atoms with van der Waals surface area (Å²) < 4.78 is 27.3. The Kier molecular flexibility index (Phi) is 4.95. The topological polar surface area (TPSA) is 75.4 Å². The summed E-state index contributed by atoms with van der Waals surface area (Å²) in [7, 11) is -1.20. The number of oxazole rings is 1. The minimum Gasteiger partial charge on any atom is -0.432 e. The molecule has 0 aliphatic carbocycles. The van der Waals surface area contributed by atoms with Crippen LogP contribution in [0.3, 0.4) is 0 Å². The van der Waals surface area contributed by atoms with E-state index in [0.29, 0.717) is 19.1 Å². The molecule has 0 radical (unpaired) electrons. The fraction of sp³-hybridized carbons (Fsp3) is 0.700. The first-order valence-corrected chi connectivity index (χ1v) is 7.52. The Morgan fingerprint density at radius 3 is 2.82 bits per heavy atom. The first-order chi connectivity index (χ1) is 7.92. The first-order valence-electron chi connectivity index (χ1n) is 5.46. The summed E-state index contributed by atoms with van der Waals surface area (Å²) in [5, 5.41) is 3.14. The summed E-state index contributed by atoms with van der Waals surface area (Å²) >= 11 is 0. The number of aromatic nitrogens is 1. The Hall–Kier alpha value is -1.08. The van der Waals surface area contributed by atoms with E-state index in [4.69, 9.17) is 4.42 Å². The van der Waals surface area contributed by atoms with E-state index in [1.165, 1.54) is 6.26 Å². The fourth-order valence-electron chi connectivity index (χ4n) is 1.20. The van der Waals surface area contributed by atoms with Crippen LogP contribution in [0.15, 0.2) is 10.7 Å². The number of rotatable bonds is 7. The van der Waals surface area contributed by atoms with Crippen molar-refractivity contribution >= 4 is 15.9 Å². The molecule has 1 rings (SSSR count). The molecular formula is C10H19N3O3S. The highest BCUT2D eigenvalue weighted by Gasteiger charge is 2.11. The molecule has 0 atom stereocenters. The number of nitrogens with zero attached hydrogens (tertiary/aromatic N) is 2. The lowest BCUT2D eigenvalue weighted by Crippen LogP contribution is -2.25. The maximum atomic E-state index is 11.0. The minimum atomic E-state index is -2.96. The summed E-state index contributed by atoms with van der Waals surface area (Å²) in [5.74, 6) is 0.0917. The lowest BCUT2D eigenvalue weighted by Gasteiger charge is -2.12. The van der Waals surface area contributed by atoms with Crippen LogP contribution >= 0.6 is 0 Å². The third-order valence-electron chi connectivity index (χ3n) is 2.22. The Morgan fingerprint density at radius 2 is 2.24 bits per heavy atom. The zero-order valence-corrected chi connectivity index (χ0v) is 11.2. The minimum absolute atomic E-state index is 0.0917. The highest BCUT2D eigenvalue weighted by molar-refractivity contribution is 7.90. The van der Waals surface area contributed by atoms with Crippen molar-refractivity contribution in [1.29, 1.82) is 0 Å². The molecule has 0 aliphatic heterocycles. The molecule has 6 nitrogen and oxygen atoms in total. The number of nitrogens with one attached hydrogen (secondary N) is 1. The van der Waals surface area contributed by atoms with E-state index in [0.717, 1.165) is 12.2 Å². The number of hydrogen-bond donors (Lipinski definition) is 1. The lowest BCUT2D eigenvalue weighted by atomic mass is 10.5. The van der Waals surface area contributed by atoms with Crippen molar-refractivity contribution in [2.24, 2.45) is 0 Å². The van der Waals surface area contributed by atoms with Crippen LogP contribution in [-0.2, 0) is 16.4 Å². The maximum Gasteiger partial charge on any atom is 0.297 e. The molecule has 0 fully saturated rings. The van der Waals surface area contributed by atoms with E-state index in [2.05, 4.69) is 10.3 Å². The molecule has 1 heterocycles. The summed E-state index contributed by atoms with van der Waals surface area (Å²) in [6, 6.07) is 0.446. The largest absolute Gasteiger partial charge is 0.432 e. The molecule has 0 unspecified atom stereocenters. The van der Waals surface area contributed by atoms with E-state index in [9.17, 15) is 8.42 Å². The molecule has 7 heteroatoms. The normalized spacial score (nSPS) is 11.7. The Morgan fingerprint density at radius 1 is 1.53 bits per heavy atom. The molecule has 17 heavy (non-hydrogen) atoms. The molecule has 0 saturated heterocycles. The van der Waals surface area contributed by atoms with Crippen LogP contribution in [0.1, 0.15) is 12.6 Å². The van der Waals surface area contributed by atoms with Crippen LogP contribution in [-0.4, -0.2) is 45.5 Å². The number of anilines is 1. The third kappa shape index (κ3) is 5.18. The van der Waals surface area contributed by atoms with Gasteiger partial charge in [-0.05, 0) is 6.54 Å². The van der Waals surface area contributed by atoms with Crippen molar-refractivity contribution in [3.8, 4) is 0 Å². The van der Waals surface area contributed by atoms with Crippen molar-refractivity contribution < 1.29 is 12.8 Å². The van der Waals surface area contributed by atoms with Crippen LogP contribution < -0.4 is 10.2 Å². The highest BCUT2D eigenvalue weighted by Crippen LogP contribution is 2.11. The van der Waals surface area contributed by atoms with Crippen molar-refractivity contribution in [3.63, 3.8) is 0 Å². The third-order valence-corrected chi connectivity index (χ3v) is 3.14. The molecule has 0 aliphatic rings. The smallest absolute Gasteiger partial charge is 0.297 e. The van der Waals surface area contributed by atoms with Gasteiger partial charge >= 0.3 is 0 Å². The van der Waals surface area contributed by atoms with Gasteiger partial charge in [-0.2, -0.15) is 4.98 Å². The fourth-order valence-corrected chi connectivity index (χ4v) is 1.81. The Balaban J connectivity index is 2.51. The van der Waals surface area contributed by atoms with Crippen LogP contribution in [0.2, 0.25) is 0 Å². The van der Waals surface area contributed by atoms with E-state index >= 15 is 0 Å². The van der Waals surface area contributed by atoms with Gasteiger partial charge in [0, 0.05) is 26.4 Å². The van der Waals surface area contributed by atoms with Gasteiger partial charge in [-0.25, -0.2) is 8.42 Å². The second-order valence-corrected chi connectivity index (χ2v) is 6.21. The number of sulfone groups is 1. The van der Waals surface area contributed by atoms with Crippen molar-refractivity contribution in [2.45, 2.75) is 13.5 Å². The monoisotopic (exact) mass is 261 g/mol. The van der Waals surface area contributed by atoms with E-state index in [1.54, 1.807) is 18.2 Å². The summed E-state index contributed by atoms with van der Waals surface area (Å²) in [4.78, 5) is 5.94. The van der Waals surface area contributed by atoms with Gasteiger partial charge in [-0.3, -0.25) is 0 Å². The highest BCUT2D eigenvalue weighted by atomic mass is 32.2. The average Bonchev–Trinajstić information content (AvgIpc) is 2.70. The quantitative estimate of drug-likeness (QED) is 0.759. The van der Waals surface area contributed by atoms with Crippen molar-refractivity contribution in [1.82, 2.24) is 10.3 Å². The lowest BCUT2D eigenvalue weighted by molar-refractivity contribution is 0.545. The van der Waals surface area contributed by atoms with Gasteiger partial charge in [0.2, 0.25) is 0 Å². The van der Waals surface area contributed by atoms with Gasteiger partial charge in [0.1, 0.15) is 16.1 Å². The van der Waals surface area contributed by atoms with Gasteiger partial charge < -0.3 is 14.6 Å². The zero-order chi connectivity index (χ0) is 12.9. The molecule has 98 valence electrons. The molecule has 1 aromatic rings. The Labute approximate surface area is 102 Å². The SMILES string of the molecule is CCNCc1coc(N(C)CCS(C)(=O)=O)n1. The maximum absolute atomic E-state index is 11.0. The zero-order valence-electron chi connectivity index (χ0n) is 10.4. The van der Waals surface area contributed by atoms with Crippen LogP contribution in [0.25, 0.3) is 0 Å². The summed E-state index contributed by atoms with van der Waals surface area (Å²) in [6.07, 6.45) is 2.79. The van der Waals surface area contributed by atoms with Gasteiger partial charge in [-0.1, -0.05) is 6.92 Å². The van der Waals surface area contributed by atoms with Crippen molar-refractivity contribution in [3.05, 3.63) is 12.0 Å². The van der Waals surface area contributed by atoms with Gasteiger partial charge in [0.25, 0.3) is 6.01 Å². The molecule has 1 aromatic heterocycles. The summed E-state index contributed by atoms with van der Waals surface area (Å²) in [5.41, 5.74) is 0.813. The molecule has 0 aromatic carbocycles. The van der Waals surface area contributed by atoms with E-state index < -0.39 is 9.84 Å². The van der Waals surface area contributed by atoms with Gasteiger partial charge in [-0.15, -0.1) is 0 Å². The molecule has 0 amide bonds. The van der Waals surface area contributed by atoms with Gasteiger partial charge in [0.15, 0.2) is 0 Å². The van der Waals surface area contributed by atoms with Gasteiger partial charge in [0.05, 0.1) is 11.4 Å².